The monoisotopic (exact) mass is 281 g/mol. The molecule has 0 radical (unpaired) electrons. The Morgan fingerprint density at radius 3 is 2.89 bits per heavy atom. The molecule has 1 aliphatic heterocycles. The molecule has 1 aromatic carbocycles. The summed E-state index contributed by atoms with van der Waals surface area (Å²) in [5.74, 6) is 0.177. The predicted octanol–water partition coefficient (Wildman–Crippen LogP) is 3.17. The van der Waals surface area contributed by atoms with Gasteiger partial charge in [-0.2, -0.15) is 0 Å². The largest absolute Gasteiger partial charge is 0.396 e. The van der Waals surface area contributed by atoms with Gasteiger partial charge in [-0.05, 0) is 37.3 Å². The molecule has 0 bridgehead atoms. The van der Waals surface area contributed by atoms with Crippen LogP contribution in [0, 0.1) is 0 Å². The van der Waals surface area contributed by atoms with E-state index in [0.29, 0.717) is 12.8 Å². The van der Waals surface area contributed by atoms with Gasteiger partial charge in [0.05, 0.1) is 6.04 Å². The normalized spacial score (nSPS) is 18.8. The molecule has 0 spiro atoms. The van der Waals surface area contributed by atoms with Gasteiger partial charge in [0.2, 0.25) is 5.91 Å². The second kappa shape index (κ2) is 6.92. The lowest BCUT2D eigenvalue weighted by Crippen LogP contribution is -2.30. The second-order valence-corrected chi connectivity index (χ2v) is 5.35. The minimum absolute atomic E-state index is 0.121. The zero-order valence-corrected chi connectivity index (χ0v) is 11.8. The number of aliphatic hydroxyl groups excluding tert-OH is 1. The van der Waals surface area contributed by atoms with E-state index in [-0.39, 0.29) is 18.6 Å². The molecule has 0 aliphatic carbocycles. The minimum atomic E-state index is 0.121. The van der Waals surface area contributed by atoms with Crippen LogP contribution in [0.2, 0.25) is 5.02 Å². The van der Waals surface area contributed by atoms with Crippen LogP contribution in [0.5, 0.6) is 0 Å². The Labute approximate surface area is 119 Å². The van der Waals surface area contributed by atoms with Crippen LogP contribution in [-0.2, 0) is 4.79 Å². The first-order chi connectivity index (χ1) is 9.24. The standard InChI is InChI=1S/C15H20ClNO2/c16-13-7-2-1-6-12(13)14-8-5-10-17(14)15(19)9-3-4-11-18/h1-2,6-7,14,18H,3-5,8-11H2. The van der Waals surface area contributed by atoms with Crippen LogP contribution in [0.4, 0.5) is 0 Å². The Balaban J connectivity index is 2.05. The van der Waals surface area contributed by atoms with Crippen molar-refractivity contribution in [1.82, 2.24) is 4.90 Å². The van der Waals surface area contributed by atoms with Crippen molar-refractivity contribution in [3.8, 4) is 0 Å². The first-order valence-corrected chi connectivity index (χ1v) is 7.26. The maximum Gasteiger partial charge on any atom is 0.223 e. The number of carbonyl (C=O) groups is 1. The fourth-order valence-electron chi connectivity index (χ4n) is 2.67. The molecule has 4 heteroatoms. The average molecular weight is 282 g/mol. The van der Waals surface area contributed by atoms with Gasteiger partial charge in [-0.1, -0.05) is 29.8 Å². The summed E-state index contributed by atoms with van der Waals surface area (Å²) >= 11 is 6.23. The molecule has 3 nitrogen and oxygen atoms in total. The van der Waals surface area contributed by atoms with E-state index in [1.165, 1.54) is 0 Å². The van der Waals surface area contributed by atoms with E-state index in [1.807, 2.05) is 29.2 Å². The second-order valence-electron chi connectivity index (χ2n) is 4.95. The third-order valence-corrected chi connectivity index (χ3v) is 3.98. The summed E-state index contributed by atoms with van der Waals surface area (Å²) in [7, 11) is 0. The molecule has 19 heavy (non-hydrogen) atoms. The lowest BCUT2D eigenvalue weighted by molar-refractivity contribution is -0.132. The number of nitrogens with zero attached hydrogens (tertiary/aromatic N) is 1. The van der Waals surface area contributed by atoms with Gasteiger partial charge in [0, 0.05) is 24.6 Å². The molecule has 1 N–H and O–H groups in total. The number of likely N-dealkylation sites (tertiary alicyclic amines) is 1. The number of amides is 1. The van der Waals surface area contributed by atoms with Crippen molar-refractivity contribution in [3.05, 3.63) is 34.9 Å². The molecular formula is C15H20ClNO2. The van der Waals surface area contributed by atoms with E-state index in [9.17, 15) is 4.79 Å². The molecule has 0 aromatic heterocycles. The van der Waals surface area contributed by atoms with Crippen LogP contribution in [0.3, 0.4) is 0 Å². The number of hydrogen-bond acceptors (Lipinski definition) is 2. The highest BCUT2D eigenvalue weighted by Crippen LogP contribution is 2.36. The molecule has 1 amide bonds. The Hall–Kier alpha value is -1.06. The van der Waals surface area contributed by atoms with Crippen molar-refractivity contribution >= 4 is 17.5 Å². The molecule has 1 fully saturated rings. The summed E-state index contributed by atoms with van der Waals surface area (Å²) in [5.41, 5.74) is 1.05. The SMILES string of the molecule is O=C(CCCCO)N1CCCC1c1ccccc1Cl. The predicted molar refractivity (Wildman–Crippen MR) is 76.1 cm³/mol. The maximum atomic E-state index is 12.2. The summed E-state index contributed by atoms with van der Waals surface area (Å²) in [6, 6.07) is 7.88. The molecule has 1 atom stereocenters. The van der Waals surface area contributed by atoms with Crippen LogP contribution in [-0.4, -0.2) is 29.1 Å². The van der Waals surface area contributed by atoms with Gasteiger partial charge >= 0.3 is 0 Å². The smallest absolute Gasteiger partial charge is 0.223 e. The quantitative estimate of drug-likeness (QED) is 0.842. The van der Waals surface area contributed by atoms with Crippen molar-refractivity contribution in [2.75, 3.05) is 13.2 Å². The maximum absolute atomic E-state index is 12.2. The first-order valence-electron chi connectivity index (χ1n) is 6.89. The van der Waals surface area contributed by atoms with Crippen LogP contribution in [0.15, 0.2) is 24.3 Å². The first kappa shape index (κ1) is 14.4. The van der Waals surface area contributed by atoms with Gasteiger partial charge in [0.15, 0.2) is 0 Å². The Bertz CT molecular complexity index is 436. The van der Waals surface area contributed by atoms with Crippen molar-refractivity contribution in [1.29, 1.82) is 0 Å². The molecule has 1 aromatic rings. The van der Waals surface area contributed by atoms with Crippen molar-refractivity contribution in [3.63, 3.8) is 0 Å². The zero-order valence-electron chi connectivity index (χ0n) is 11.0. The number of unbranched alkanes of at least 4 members (excludes halogenated alkanes) is 1. The fraction of sp³-hybridized carbons (Fsp3) is 0.533. The highest BCUT2D eigenvalue weighted by Gasteiger charge is 2.30. The third-order valence-electron chi connectivity index (χ3n) is 3.64. The van der Waals surface area contributed by atoms with E-state index in [0.717, 1.165) is 36.4 Å². The number of hydrogen-bond donors (Lipinski definition) is 1. The van der Waals surface area contributed by atoms with Crippen LogP contribution in [0.1, 0.15) is 43.7 Å². The van der Waals surface area contributed by atoms with Gasteiger partial charge < -0.3 is 10.0 Å². The topological polar surface area (TPSA) is 40.5 Å². The van der Waals surface area contributed by atoms with E-state index in [1.54, 1.807) is 0 Å². The van der Waals surface area contributed by atoms with E-state index in [2.05, 4.69) is 0 Å². The molecule has 0 saturated carbocycles. The van der Waals surface area contributed by atoms with Crippen molar-refractivity contribution in [2.45, 2.75) is 38.1 Å². The number of carbonyl (C=O) groups excluding carboxylic acids is 1. The van der Waals surface area contributed by atoms with Crippen LogP contribution in [0.25, 0.3) is 0 Å². The van der Waals surface area contributed by atoms with Crippen molar-refractivity contribution in [2.24, 2.45) is 0 Å². The average Bonchev–Trinajstić information content (AvgIpc) is 2.88. The molecule has 104 valence electrons. The van der Waals surface area contributed by atoms with Gasteiger partial charge in [0.25, 0.3) is 0 Å². The number of benzene rings is 1. The number of rotatable bonds is 5. The minimum Gasteiger partial charge on any atom is -0.396 e. The molecule has 1 saturated heterocycles. The van der Waals surface area contributed by atoms with Gasteiger partial charge in [-0.25, -0.2) is 0 Å². The van der Waals surface area contributed by atoms with Crippen LogP contribution >= 0.6 is 11.6 Å². The van der Waals surface area contributed by atoms with Gasteiger partial charge in [-0.3, -0.25) is 4.79 Å². The molecule has 1 unspecified atom stereocenters. The fourth-order valence-corrected chi connectivity index (χ4v) is 2.93. The Morgan fingerprint density at radius 1 is 1.37 bits per heavy atom. The zero-order chi connectivity index (χ0) is 13.7. The van der Waals surface area contributed by atoms with Gasteiger partial charge in [0.1, 0.15) is 0 Å². The third kappa shape index (κ3) is 3.48. The Morgan fingerprint density at radius 2 is 2.16 bits per heavy atom. The molecule has 2 rings (SSSR count). The van der Waals surface area contributed by atoms with E-state index >= 15 is 0 Å². The highest BCUT2D eigenvalue weighted by molar-refractivity contribution is 6.31. The number of halogens is 1. The summed E-state index contributed by atoms with van der Waals surface area (Å²) in [5, 5.41) is 9.51. The Kier molecular flexibility index (Phi) is 5.23. The lowest BCUT2D eigenvalue weighted by atomic mass is 10.0. The summed E-state index contributed by atoms with van der Waals surface area (Å²) in [6.07, 6.45) is 3.97. The van der Waals surface area contributed by atoms with E-state index < -0.39 is 0 Å². The van der Waals surface area contributed by atoms with Gasteiger partial charge in [-0.15, -0.1) is 0 Å². The molecular weight excluding hydrogens is 262 g/mol. The summed E-state index contributed by atoms with van der Waals surface area (Å²) in [4.78, 5) is 14.2. The molecule has 1 heterocycles. The number of aliphatic hydroxyl groups is 1. The summed E-state index contributed by atoms with van der Waals surface area (Å²) in [6.45, 7) is 0.967. The van der Waals surface area contributed by atoms with Crippen molar-refractivity contribution < 1.29 is 9.90 Å². The molecule has 1 aliphatic rings. The summed E-state index contributed by atoms with van der Waals surface area (Å²) < 4.78 is 0. The highest BCUT2D eigenvalue weighted by atomic mass is 35.5. The van der Waals surface area contributed by atoms with Crippen LogP contribution < -0.4 is 0 Å². The lowest BCUT2D eigenvalue weighted by Gasteiger charge is -2.26. The van der Waals surface area contributed by atoms with E-state index in [4.69, 9.17) is 16.7 Å².